The Morgan fingerprint density at radius 3 is 2.52 bits per heavy atom. The molecule has 0 aromatic heterocycles. The predicted molar refractivity (Wildman–Crippen MR) is 85.7 cm³/mol. The van der Waals surface area contributed by atoms with Crippen LogP contribution in [0.2, 0.25) is 0 Å². The van der Waals surface area contributed by atoms with E-state index in [1.165, 1.54) is 14.0 Å². The van der Waals surface area contributed by atoms with Gasteiger partial charge in [0, 0.05) is 17.7 Å². The number of methoxy groups -OCH3 is 1. The lowest BCUT2D eigenvalue weighted by molar-refractivity contribution is -0.141. The van der Waals surface area contributed by atoms with E-state index in [0.29, 0.717) is 23.3 Å². The Morgan fingerprint density at radius 2 is 2.00 bits per heavy atom. The molecule has 0 heterocycles. The van der Waals surface area contributed by atoms with Crippen molar-refractivity contribution in [1.29, 1.82) is 0 Å². The fourth-order valence-corrected chi connectivity index (χ4v) is 2.27. The Bertz CT molecular complexity index is 582. The van der Waals surface area contributed by atoms with E-state index in [-0.39, 0.29) is 24.7 Å². The smallest absolute Gasteiger partial charge is 0.308 e. The van der Waals surface area contributed by atoms with Crippen LogP contribution in [0.4, 0.5) is 0 Å². The summed E-state index contributed by atoms with van der Waals surface area (Å²) in [6.45, 7) is 3.44. The van der Waals surface area contributed by atoms with Gasteiger partial charge in [-0.2, -0.15) is 0 Å². The third-order valence-corrected chi connectivity index (χ3v) is 3.57. The third-order valence-electron chi connectivity index (χ3n) is 3.57. The van der Waals surface area contributed by atoms with Crippen molar-refractivity contribution in [1.82, 2.24) is 5.32 Å². The van der Waals surface area contributed by atoms with E-state index in [9.17, 15) is 14.4 Å². The summed E-state index contributed by atoms with van der Waals surface area (Å²) in [7, 11) is 1.49. The number of benzene rings is 1. The lowest BCUT2D eigenvalue weighted by Gasteiger charge is -2.13. The second-order valence-electron chi connectivity index (χ2n) is 5.39. The summed E-state index contributed by atoms with van der Waals surface area (Å²) in [5, 5.41) is 11.7. The molecular formula is C17H23NO5. The molecule has 0 fully saturated rings. The van der Waals surface area contributed by atoms with Crippen LogP contribution in [0.5, 0.6) is 5.75 Å². The van der Waals surface area contributed by atoms with E-state index in [1.807, 2.05) is 6.92 Å². The SMILES string of the molecule is CCCC(CNC(=O)Cc1cc(C(C)=O)ccc1OC)C(=O)O. The number of carboxylic acid groups (broad SMARTS) is 1. The molecule has 0 saturated heterocycles. The van der Waals surface area contributed by atoms with E-state index in [1.54, 1.807) is 18.2 Å². The van der Waals surface area contributed by atoms with E-state index in [2.05, 4.69) is 5.32 Å². The van der Waals surface area contributed by atoms with Crippen LogP contribution in [0.3, 0.4) is 0 Å². The Labute approximate surface area is 135 Å². The predicted octanol–water partition coefficient (Wildman–Crippen LogP) is 2.06. The summed E-state index contributed by atoms with van der Waals surface area (Å²) < 4.78 is 5.20. The minimum atomic E-state index is -0.914. The van der Waals surface area contributed by atoms with Gasteiger partial charge >= 0.3 is 5.97 Å². The molecule has 126 valence electrons. The van der Waals surface area contributed by atoms with Crippen molar-refractivity contribution in [2.45, 2.75) is 33.1 Å². The van der Waals surface area contributed by atoms with Crippen LogP contribution in [-0.4, -0.2) is 36.4 Å². The second-order valence-corrected chi connectivity index (χ2v) is 5.39. The third kappa shape index (κ3) is 5.73. The first-order valence-electron chi connectivity index (χ1n) is 7.56. The van der Waals surface area contributed by atoms with Gasteiger partial charge < -0.3 is 15.2 Å². The highest BCUT2D eigenvalue weighted by Gasteiger charge is 2.18. The lowest BCUT2D eigenvalue weighted by Crippen LogP contribution is -2.33. The highest BCUT2D eigenvalue weighted by molar-refractivity contribution is 5.94. The minimum Gasteiger partial charge on any atom is -0.496 e. The summed E-state index contributed by atoms with van der Waals surface area (Å²) in [6, 6.07) is 4.92. The largest absolute Gasteiger partial charge is 0.496 e. The number of hydrogen-bond donors (Lipinski definition) is 2. The van der Waals surface area contributed by atoms with Gasteiger partial charge in [-0.05, 0) is 31.5 Å². The zero-order valence-corrected chi connectivity index (χ0v) is 13.7. The number of ketones is 1. The number of amides is 1. The molecule has 0 spiro atoms. The molecule has 1 unspecified atom stereocenters. The summed E-state index contributed by atoms with van der Waals surface area (Å²) in [4.78, 5) is 34.6. The van der Waals surface area contributed by atoms with E-state index >= 15 is 0 Å². The topological polar surface area (TPSA) is 92.7 Å². The van der Waals surface area contributed by atoms with Gasteiger partial charge in [0.05, 0.1) is 19.4 Å². The fraction of sp³-hybridized carbons (Fsp3) is 0.471. The first-order valence-corrected chi connectivity index (χ1v) is 7.56. The molecule has 23 heavy (non-hydrogen) atoms. The molecule has 0 aliphatic rings. The van der Waals surface area contributed by atoms with Crippen molar-refractivity contribution < 1.29 is 24.2 Å². The van der Waals surface area contributed by atoms with Crippen molar-refractivity contribution in [3.63, 3.8) is 0 Å². The van der Waals surface area contributed by atoms with E-state index < -0.39 is 11.9 Å². The van der Waals surface area contributed by atoms with Crippen LogP contribution >= 0.6 is 0 Å². The maximum Gasteiger partial charge on any atom is 0.308 e. The number of carbonyl (C=O) groups excluding carboxylic acids is 2. The van der Waals surface area contributed by atoms with Crippen molar-refractivity contribution >= 4 is 17.7 Å². The number of carboxylic acids is 1. The Balaban J connectivity index is 2.74. The highest BCUT2D eigenvalue weighted by atomic mass is 16.5. The van der Waals surface area contributed by atoms with Gasteiger partial charge in [-0.25, -0.2) is 0 Å². The fourth-order valence-electron chi connectivity index (χ4n) is 2.27. The number of hydrogen-bond acceptors (Lipinski definition) is 4. The molecule has 6 heteroatoms. The van der Waals surface area contributed by atoms with Crippen LogP contribution in [0.25, 0.3) is 0 Å². The van der Waals surface area contributed by atoms with Crippen LogP contribution in [0, 0.1) is 5.92 Å². The number of carbonyl (C=O) groups is 3. The zero-order valence-electron chi connectivity index (χ0n) is 13.7. The van der Waals surface area contributed by atoms with Gasteiger partial charge in [0.15, 0.2) is 5.78 Å². The molecule has 2 N–H and O–H groups in total. The molecule has 0 aliphatic heterocycles. The van der Waals surface area contributed by atoms with Gasteiger partial charge in [0.1, 0.15) is 5.75 Å². The Morgan fingerprint density at radius 1 is 1.30 bits per heavy atom. The molecule has 1 amide bonds. The molecule has 0 bridgehead atoms. The summed E-state index contributed by atoms with van der Waals surface area (Å²) in [5.41, 5.74) is 1.10. The zero-order chi connectivity index (χ0) is 17.4. The number of ether oxygens (including phenoxy) is 1. The van der Waals surface area contributed by atoms with Crippen LogP contribution in [-0.2, 0) is 16.0 Å². The quantitative estimate of drug-likeness (QED) is 0.679. The van der Waals surface area contributed by atoms with Crippen molar-refractivity contribution in [2.24, 2.45) is 5.92 Å². The molecule has 1 aromatic carbocycles. The van der Waals surface area contributed by atoms with Crippen molar-refractivity contribution in [3.05, 3.63) is 29.3 Å². The number of Topliss-reactive ketones (excluding diaryl/α,β-unsaturated/α-hetero) is 1. The first kappa shape index (κ1) is 18.7. The normalized spacial score (nSPS) is 11.6. The molecule has 1 aromatic rings. The number of nitrogens with one attached hydrogen (secondary N) is 1. The number of aliphatic carboxylic acids is 1. The van der Waals surface area contributed by atoms with Crippen molar-refractivity contribution in [3.8, 4) is 5.75 Å². The van der Waals surface area contributed by atoms with E-state index in [0.717, 1.165) is 6.42 Å². The van der Waals surface area contributed by atoms with E-state index in [4.69, 9.17) is 9.84 Å². The van der Waals surface area contributed by atoms with Gasteiger partial charge in [-0.15, -0.1) is 0 Å². The molecule has 6 nitrogen and oxygen atoms in total. The van der Waals surface area contributed by atoms with Crippen LogP contribution in [0.1, 0.15) is 42.6 Å². The molecular weight excluding hydrogens is 298 g/mol. The maximum absolute atomic E-state index is 12.0. The van der Waals surface area contributed by atoms with Crippen molar-refractivity contribution in [2.75, 3.05) is 13.7 Å². The minimum absolute atomic E-state index is 0.0305. The molecule has 1 atom stereocenters. The van der Waals surface area contributed by atoms with Gasteiger partial charge in [-0.1, -0.05) is 13.3 Å². The maximum atomic E-state index is 12.0. The summed E-state index contributed by atoms with van der Waals surface area (Å²) in [5.74, 6) is -1.37. The summed E-state index contributed by atoms with van der Waals surface area (Å²) in [6.07, 6.45) is 1.28. The van der Waals surface area contributed by atoms with Crippen LogP contribution < -0.4 is 10.1 Å². The monoisotopic (exact) mass is 321 g/mol. The molecule has 0 radical (unpaired) electrons. The average Bonchev–Trinajstić information content (AvgIpc) is 2.50. The Hall–Kier alpha value is -2.37. The molecule has 1 rings (SSSR count). The Kier molecular flexibility index (Phi) is 7.25. The van der Waals surface area contributed by atoms with Crippen LogP contribution in [0.15, 0.2) is 18.2 Å². The lowest BCUT2D eigenvalue weighted by atomic mass is 10.0. The second kappa shape index (κ2) is 8.92. The van der Waals surface area contributed by atoms with Gasteiger partial charge in [0.2, 0.25) is 5.91 Å². The number of rotatable bonds is 9. The molecule has 0 aliphatic carbocycles. The highest BCUT2D eigenvalue weighted by Crippen LogP contribution is 2.21. The molecule has 0 saturated carbocycles. The van der Waals surface area contributed by atoms with Gasteiger partial charge in [-0.3, -0.25) is 14.4 Å². The summed E-state index contributed by atoms with van der Waals surface area (Å²) >= 11 is 0. The average molecular weight is 321 g/mol. The van der Waals surface area contributed by atoms with Gasteiger partial charge in [0.25, 0.3) is 0 Å². The first-order chi connectivity index (χ1) is 10.9. The standard InChI is InChI=1S/C17H23NO5/c1-4-5-13(17(21)22)10-18-16(20)9-14-8-12(11(2)19)6-7-15(14)23-3/h6-8,13H,4-5,9-10H2,1-3H3,(H,18,20)(H,21,22).